The standard InChI is InChI=1S/4ClH.Xe/h4*1H;. The number of rotatable bonds is 0. The number of halogens is 4. The van der Waals surface area contributed by atoms with Crippen LogP contribution in [-0.2, 0) is 0 Å². The molecule has 40 valence electrons. The van der Waals surface area contributed by atoms with Gasteiger partial charge in [-0.3, -0.25) is 0 Å². The second-order valence-electron chi connectivity index (χ2n) is 0. The average Bonchev–Trinajstić information content (AvgIpc) is 0. The molecule has 0 aromatic carbocycles. The van der Waals surface area contributed by atoms with E-state index in [4.69, 9.17) is 0 Å². The van der Waals surface area contributed by atoms with Crippen molar-refractivity contribution in [3.05, 3.63) is 0 Å². The molecule has 0 spiro atoms. The van der Waals surface area contributed by atoms with E-state index in [2.05, 4.69) is 0 Å². The molecule has 0 heterocycles. The van der Waals surface area contributed by atoms with Crippen LogP contribution in [0.25, 0.3) is 0 Å². The van der Waals surface area contributed by atoms with Crippen LogP contribution in [0.3, 0.4) is 0 Å². The quantitative estimate of drug-likeness (QED) is 0.632. The van der Waals surface area contributed by atoms with E-state index in [1.165, 1.54) is 0 Å². The predicted molar refractivity (Wildman–Crippen MR) is 29.0 cm³/mol. The molecule has 0 aliphatic heterocycles. The Morgan fingerprint density at radius 1 is 0.400 bits per heavy atom. The van der Waals surface area contributed by atoms with E-state index in [-0.39, 0.29) is 98.5 Å². The van der Waals surface area contributed by atoms with Gasteiger partial charge in [0.1, 0.15) is 0 Å². The zero-order valence-corrected chi connectivity index (χ0v) is 7.27. The number of hydrogen-bond acceptors (Lipinski definition) is 0. The van der Waals surface area contributed by atoms with Crippen molar-refractivity contribution in [1.29, 1.82) is 0 Å². The Morgan fingerprint density at radius 2 is 0.400 bits per heavy atom. The van der Waals surface area contributed by atoms with Gasteiger partial charge >= 0.3 is 0 Å². The smallest absolute Gasteiger partial charge is 0 e. The second kappa shape index (κ2) is 29.6. The fraction of sp³-hybridized carbons (Fsp3) is 0. The van der Waals surface area contributed by atoms with Crippen molar-refractivity contribution in [1.82, 2.24) is 0 Å². The Morgan fingerprint density at radius 3 is 0.400 bits per heavy atom. The van der Waals surface area contributed by atoms with E-state index in [1.54, 1.807) is 0 Å². The Balaban J connectivity index is 0. The summed E-state index contributed by atoms with van der Waals surface area (Å²) in [5.74, 6) is 0. The van der Waals surface area contributed by atoms with Crippen LogP contribution in [0.1, 0.15) is 0 Å². The molecule has 0 atom stereocenters. The summed E-state index contributed by atoms with van der Waals surface area (Å²) in [5.41, 5.74) is 0. The fourth-order valence-corrected chi connectivity index (χ4v) is 0. The van der Waals surface area contributed by atoms with Gasteiger partial charge in [0.25, 0.3) is 0 Å². The first-order valence-corrected chi connectivity index (χ1v) is 0. The molecule has 5 heavy (non-hydrogen) atoms. The molecule has 0 amide bonds. The molecule has 0 aromatic rings. The maximum Gasteiger partial charge on any atom is 0 e. The van der Waals surface area contributed by atoms with Gasteiger partial charge < -0.3 is 0 Å². The zero-order valence-electron chi connectivity index (χ0n) is 1.99. The largest absolute Gasteiger partial charge is 0.147 e. The maximum atomic E-state index is 0. The van der Waals surface area contributed by atoms with Crippen molar-refractivity contribution < 1.29 is 48.9 Å². The molecule has 5 heteroatoms. The van der Waals surface area contributed by atoms with Crippen LogP contribution in [0.4, 0.5) is 0 Å². The molecule has 0 rings (SSSR count). The summed E-state index contributed by atoms with van der Waals surface area (Å²) in [5, 5.41) is 0. The van der Waals surface area contributed by atoms with Gasteiger partial charge in [0.05, 0.1) is 0 Å². The first kappa shape index (κ1) is 47.0. The normalized spacial score (nSPS) is 0. The van der Waals surface area contributed by atoms with Gasteiger partial charge in [-0.05, 0) is 0 Å². The van der Waals surface area contributed by atoms with Gasteiger partial charge in [0.2, 0.25) is 0 Å². The van der Waals surface area contributed by atoms with E-state index in [0.29, 0.717) is 0 Å². The summed E-state index contributed by atoms with van der Waals surface area (Å²) in [6.07, 6.45) is 0. The summed E-state index contributed by atoms with van der Waals surface area (Å²) in [7, 11) is 0. The van der Waals surface area contributed by atoms with Crippen LogP contribution >= 0.6 is 49.6 Å². The van der Waals surface area contributed by atoms with Crippen molar-refractivity contribution in [3.8, 4) is 0 Å². The Hall–Kier alpha value is 2.73. The molecule has 0 nitrogen and oxygen atoms in total. The Bertz CT molecular complexity index is 3.61. The van der Waals surface area contributed by atoms with Crippen molar-refractivity contribution in [2.45, 2.75) is 0 Å². The molecule has 0 aliphatic rings. The summed E-state index contributed by atoms with van der Waals surface area (Å²) >= 11 is 0. The van der Waals surface area contributed by atoms with Crippen LogP contribution < -0.4 is 0 Å². The molecule has 0 aliphatic carbocycles. The van der Waals surface area contributed by atoms with E-state index in [9.17, 15) is 0 Å². The average molecular weight is 277 g/mol. The minimum absolute atomic E-state index is 0. The van der Waals surface area contributed by atoms with Crippen LogP contribution in [-0.4, -0.2) is 0 Å². The van der Waals surface area contributed by atoms with Crippen LogP contribution in [0.15, 0.2) is 0 Å². The van der Waals surface area contributed by atoms with E-state index >= 15 is 0 Å². The van der Waals surface area contributed by atoms with Gasteiger partial charge in [-0.15, -0.1) is 49.6 Å². The molecule has 0 unspecified atom stereocenters. The third kappa shape index (κ3) is 20.2. The first-order valence-electron chi connectivity index (χ1n) is 0. The van der Waals surface area contributed by atoms with Crippen LogP contribution in [0.2, 0.25) is 0 Å². The monoisotopic (exact) mass is 276 g/mol. The summed E-state index contributed by atoms with van der Waals surface area (Å²) < 4.78 is 0. The minimum atomic E-state index is 0. The molecule has 0 radical (unpaired) electrons. The second-order valence-corrected chi connectivity index (χ2v) is 0. The van der Waals surface area contributed by atoms with Crippen molar-refractivity contribution >= 4 is 49.6 Å². The molecular weight excluding hydrogens is 273 g/mol. The van der Waals surface area contributed by atoms with Crippen molar-refractivity contribution in [2.24, 2.45) is 0 Å². The molecule has 0 aromatic heterocycles. The topological polar surface area (TPSA) is 0 Å². The third-order valence-corrected chi connectivity index (χ3v) is 0. The molecule has 0 saturated heterocycles. The van der Waals surface area contributed by atoms with Crippen molar-refractivity contribution in [2.75, 3.05) is 0 Å². The molecular formula is H4Cl4Xe. The van der Waals surface area contributed by atoms with Crippen LogP contribution in [0, 0.1) is 48.9 Å². The van der Waals surface area contributed by atoms with E-state index in [1.807, 2.05) is 0 Å². The number of hydrogen-bond donors (Lipinski definition) is 0. The van der Waals surface area contributed by atoms with Gasteiger partial charge in [-0.1, -0.05) is 0 Å². The third-order valence-electron chi connectivity index (χ3n) is 0. The Labute approximate surface area is 96.6 Å². The minimum Gasteiger partial charge on any atom is -0.147 e. The van der Waals surface area contributed by atoms with Crippen molar-refractivity contribution in [3.63, 3.8) is 0 Å². The zero-order chi connectivity index (χ0) is 0. The molecule has 0 N–H and O–H groups in total. The maximum absolute atomic E-state index is 0. The van der Waals surface area contributed by atoms with E-state index < -0.39 is 0 Å². The van der Waals surface area contributed by atoms with Gasteiger partial charge in [0.15, 0.2) is 0 Å². The first-order chi connectivity index (χ1) is 0. The SMILES string of the molecule is Cl.Cl.Cl.Cl.[Xe]. The van der Waals surface area contributed by atoms with Gasteiger partial charge in [0, 0.05) is 48.9 Å². The summed E-state index contributed by atoms with van der Waals surface area (Å²) in [4.78, 5) is 0. The summed E-state index contributed by atoms with van der Waals surface area (Å²) in [6, 6.07) is 0. The van der Waals surface area contributed by atoms with Crippen LogP contribution in [0.5, 0.6) is 0 Å². The molecule has 0 bridgehead atoms. The molecule has 0 saturated carbocycles. The Kier molecular flexibility index (Phi) is 278. The fourth-order valence-electron chi connectivity index (χ4n) is 0. The van der Waals surface area contributed by atoms with Gasteiger partial charge in [-0.25, -0.2) is 0 Å². The predicted octanol–water partition coefficient (Wildman–Crippen LogP) is 1.69. The van der Waals surface area contributed by atoms with Gasteiger partial charge in [-0.2, -0.15) is 0 Å². The summed E-state index contributed by atoms with van der Waals surface area (Å²) in [6.45, 7) is 0. The van der Waals surface area contributed by atoms with E-state index in [0.717, 1.165) is 0 Å². The molecule has 0 fully saturated rings.